The van der Waals surface area contributed by atoms with Crippen molar-refractivity contribution in [2.75, 3.05) is 13.2 Å². The van der Waals surface area contributed by atoms with Crippen LogP contribution in [0.5, 0.6) is 0 Å². The summed E-state index contributed by atoms with van der Waals surface area (Å²) in [6, 6.07) is 0. The first kappa shape index (κ1) is 11.6. The summed E-state index contributed by atoms with van der Waals surface area (Å²) in [7, 11) is 0.784. The molecule has 0 saturated heterocycles. The maximum Gasteiger partial charge on any atom is 0.146 e. The predicted octanol–water partition coefficient (Wildman–Crippen LogP) is 0.821. The molecule has 0 rings (SSSR count). The molecule has 0 atom stereocenters. The fraction of sp³-hybridized carbons (Fsp3) is 0.556. The van der Waals surface area contributed by atoms with Crippen LogP contribution in [0.25, 0.3) is 0 Å². The minimum Gasteiger partial charge on any atom is -0.426 e. The van der Waals surface area contributed by atoms with Gasteiger partial charge in [0.2, 0.25) is 0 Å². The first-order chi connectivity index (χ1) is 5.85. The second kappa shape index (κ2) is 8.71. The molecule has 0 spiro atoms. The normalized spacial score (nSPS) is 10.4. The monoisotopic (exact) mass is 186 g/mol. The molecule has 0 unspecified atom stereocenters. The van der Waals surface area contributed by atoms with Crippen LogP contribution in [0.2, 0.25) is 0 Å². The lowest BCUT2D eigenvalue weighted by molar-refractivity contribution is 0.0390. The third-order valence-electron chi connectivity index (χ3n) is 1.50. The van der Waals surface area contributed by atoms with Crippen LogP contribution in [0.3, 0.4) is 0 Å². The number of rotatable bonds is 8. The highest BCUT2D eigenvalue weighted by molar-refractivity contribution is 5.97. The van der Waals surface area contributed by atoms with Gasteiger partial charge in [0.15, 0.2) is 0 Å². The molecule has 0 heterocycles. The third-order valence-corrected chi connectivity index (χ3v) is 1.91. The van der Waals surface area contributed by atoms with E-state index in [9.17, 15) is 0 Å². The summed E-state index contributed by atoms with van der Waals surface area (Å²) in [5.41, 5.74) is 0. The zero-order valence-corrected chi connectivity index (χ0v) is 9.79. The lowest BCUT2D eigenvalue weighted by Gasteiger charge is -2.13. The van der Waals surface area contributed by atoms with Gasteiger partial charge < -0.3 is 9.16 Å². The van der Waals surface area contributed by atoms with Gasteiger partial charge in [0.25, 0.3) is 0 Å². The SMILES string of the molecule is C=CCC(CC=C)OCCO[SiH3]. The standard InChI is InChI=1S/C9H18O2Si/c1-3-5-9(6-4-2)10-7-8-11-12/h3-4,9H,1-2,5-8H2,12H3. The van der Waals surface area contributed by atoms with E-state index in [4.69, 9.17) is 9.16 Å². The van der Waals surface area contributed by atoms with E-state index in [1.165, 1.54) is 0 Å². The lowest BCUT2D eigenvalue weighted by Crippen LogP contribution is -2.14. The van der Waals surface area contributed by atoms with Crippen LogP contribution >= 0.6 is 0 Å². The van der Waals surface area contributed by atoms with Crippen LogP contribution in [0, 0.1) is 0 Å². The van der Waals surface area contributed by atoms with Crippen LogP contribution in [0.4, 0.5) is 0 Å². The molecule has 0 aliphatic carbocycles. The van der Waals surface area contributed by atoms with Crippen molar-refractivity contribution in [1.82, 2.24) is 0 Å². The minimum atomic E-state index is 0.233. The van der Waals surface area contributed by atoms with Gasteiger partial charge >= 0.3 is 0 Å². The molecule has 3 heteroatoms. The summed E-state index contributed by atoms with van der Waals surface area (Å²) in [6.45, 7) is 8.73. The number of hydrogen-bond donors (Lipinski definition) is 0. The number of ether oxygens (including phenoxy) is 1. The summed E-state index contributed by atoms with van der Waals surface area (Å²) in [6.07, 6.45) is 5.74. The van der Waals surface area contributed by atoms with E-state index in [2.05, 4.69) is 13.2 Å². The average Bonchev–Trinajstić information content (AvgIpc) is 2.06. The molecule has 0 N–H and O–H groups in total. The molecule has 0 amide bonds. The van der Waals surface area contributed by atoms with Gasteiger partial charge in [-0.1, -0.05) is 12.2 Å². The molecule has 0 radical (unpaired) electrons. The van der Waals surface area contributed by atoms with Gasteiger partial charge in [-0.2, -0.15) is 0 Å². The van der Waals surface area contributed by atoms with Gasteiger partial charge in [0.05, 0.1) is 19.3 Å². The Kier molecular flexibility index (Phi) is 8.43. The highest BCUT2D eigenvalue weighted by Gasteiger charge is 2.03. The van der Waals surface area contributed by atoms with Crippen LogP contribution < -0.4 is 0 Å². The van der Waals surface area contributed by atoms with Crippen LogP contribution in [-0.4, -0.2) is 29.8 Å². The van der Waals surface area contributed by atoms with Gasteiger partial charge in [-0.3, -0.25) is 0 Å². The van der Waals surface area contributed by atoms with Crippen LogP contribution in [0.1, 0.15) is 12.8 Å². The predicted molar refractivity (Wildman–Crippen MR) is 55.3 cm³/mol. The van der Waals surface area contributed by atoms with Crippen LogP contribution in [-0.2, 0) is 9.16 Å². The molecule has 0 aliphatic heterocycles. The van der Waals surface area contributed by atoms with E-state index in [1.807, 2.05) is 12.2 Å². The Bertz CT molecular complexity index is 116. The van der Waals surface area contributed by atoms with E-state index in [0.717, 1.165) is 23.3 Å². The Balaban J connectivity index is 3.47. The van der Waals surface area contributed by atoms with Crippen molar-refractivity contribution in [3.63, 3.8) is 0 Å². The van der Waals surface area contributed by atoms with Gasteiger partial charge in [0.1, 0.15) is 10.5 Å². The highest BCUT2D eigenvalue weighted by atomic mass is 28.2. The smallest absolute Gasteiger partial charge is 0.146 e. The molecule has 0 aromatic heterocycles. The van der Waals surface area contributed by atoms with Gasteiger partial charge in [-0.15, -0.1) is 13.2 Å². The van der Waals surface area contributed by atoms with Gasteiger partial charge in [-0.05, 0) is 12.8 Å². The Morgan fingerprint density at radius 1 is 1.17 bits per heavy atom. The Labute approximate surface area is 77.8 Å². The first-order valence-electron chi connectivity index (χ1n) is 4.17. The van der Waals surface area contributed by atoms with Gasteiger partial charge in [0, 0.05) is 0 Å². The summed E-state index contributed by atoms with van der Waals surface area (Å²) in [4.78, 5) is 0. The Morgan fingerprint density at radius 2 is 1.75 bits per heavy atom. The molecule has 12 heavy (non-hydrogen) atoms. The quantitative estimate of drug-likeness (QED) is 0.317. The summed E-state index contributed by atoms with van der Waals surface area (Å²) in [5.74, 6) is 0. The molecule has 0 bridgehead atoms. The summed E-state index contributed by atoms with van der Waals surface area (Å²) in [5, 5.41) is 0. The third kappa shape index (κ3) is 6.33. The van der Waals surface area contributed by atoms with Crippen molar-refractivity contribution in [3.8, 4) is 0 Å². The van der Waals surface area contributed by atoms with Gasteiger partial charge in [-0.25, -0.2) is 0 Å². The summed E-state index contributed by atoms with van der Waals surface area (Å²) < 4.78 is 10.5. The molecule has 2 nitrogen and oxygen atoms in total. The second-order valence-electron chi connectivity index (χ2n) is 2.53. The molecule has 0 aliphatic rings. The Morgan fingerprint density at radius 3 is 2.17 bits per heavy atom. The average molecular weight is 186 g/mol. The first-order valence-corrected chi connectivity index (χ1v) is 4.99. The molecular formula is C9H18O2Si. The molecular weight excluding hydrogens is 168 g/mol. The number of hydrogen-bond acceptors (Lipinski definition) is 2. The molecule has 0 fully saturated rings. The Hall–Kier alpha value is -0.383. The highest BCUT2D eigenvalue weighted by Crippen LogP contribution is 2.04. The zero-order chi connectivity index (χ0) is 9.23. The maximum absolute atomic E-state index is 5.52. The molecule has 70 valence electrons. The van der Waals surface area contributed by atoms with Crippen molar-refractivity contribution < 1.29 is 9.16 Å². The fourth-order valence-corrected chi connectivity index (χ4v) is 1.07. The summed E-state index contributed by atoms with van der Waals surface area (Å²) >= 11 is 0. The van der Waals surface area contributed by atoms with Crippen molar-refractivity contribution in [2.45, 2.75) is 18.9 Å². The van der Waals surface area contributed by atoms with Crippen molar-refractivity contribution in [1.29, 1.82) is 0 Å². The van der Waals surface area contributed by atoms with Crippen molar-refractivity contribution in [3.05, 3.63) is 25.3 Å². The molecule has 0 aromatic carbocycles. The topological polar surface area (TPSA) is 18.5 Å². The molecule has 0 aromatic rings. The minimum absolute atomic E-state index is 0.233. The molecule has 0 saturated carbocycles. The van der Waals surface area contributed by atoms with Crippen molar-refractivity contribution >= 4 is 10.5 Å². The van der Waals surface area contributed by atoms with Crippen LogP contribution in [0.15, 0.2) is 25.3 Å². The maximum atomic E-state index is 5.52. The fourth-order valence-electron chi connectivity index (χ4n) is 0.902. The zero-order valence-electron chi connectivity index (χ0n) is 7.79. The van der Waals surface area contributed by atoms with E-state index in [0.29, 0.717) is 13.2 Å². The lowest BCUT2D eigenvalue weighted by atomic mass is 10.2. The second-order valence-corrected chi connectivity index (χ2v) is 3.11. The van der Waals surface area contributed by atoms with E-state index < -0.39 is 0 Å². The van der Waals surface area contributed by atoms with E-state index >= 15 is 0 Å². The van der Waals surface area contributed by atoms with E-state index in [-0.39, 0.29) is 6.10 Å². The van der Waals surface area contributed by atoms with E-state index in [1.54, 1.807) is 0 Å². The largest absolute Gasteiger partial charge is 0.426 e. The van der Waals surface area contributed by atoms with Crippen molar-refractivity contribution in [2.24, 2.45) is 0 Å².